The van der Waals surface area contributed by atoms with Gasteiger partial charge in [-0.05, 0) is 61.0 Å². The number of rotatable bonds is 6. The molecule has 1 aliphatic rings. The number of nitrogens with one attached hydrogen (secondary N) is 2. The maximum Gasteiger partial charge on any atom is 0.255 e. The molecule has 0 bridgehead atoms. The van der Waals surface area contributed by atoms with Crippen LogP contribution in [0.3, 0.4) is 0 Å². The molecule has 3 aromatic carbocycles. The Morgan fingerprint density at radius 3 is 2.45 bits per heavy atom. The molecule has 3 amide bonds. The van der Waals surface area contributed by atoms with Crippen LogP contribution in [0.4, 0.5) is 15.8 Å². The van der Waals surface area contributed by atoms with E-state index in [2.05, 4.69) is 10.6 Å². The van der Waals surface area contributed by atoms with E-state index < -0.39 is 5.82 Å². The number of para-hydroxylation sites is 1. The number of anilines is 2. The molecule has 0 fully saturated rings. The number of hydrogen-bond donors (Lipinski definition) is 2. The average molecular weight is 464 g/mol. The SMILES string of the molecule is CC(NC(=O)CN1C(=O)CSc2ccccc21)c1ccc(NC(=O)c2ccc(F)cc2)cc1. The number of carbonyl (C=O) groups is 3. The molecule has 33 heavy (non-hydrogen) atoms. The minimum Gasteiger partial charge on any atom is -0.348 e. The lowest BCUT2D eigenvalue weighted by Crippen LogP contribution is -2.43. The highest BCUT2D eigenvalue weighted by molar-refractivity contribution is 8.00. The molecule has 3 aromatic rings. The molecule has 1 heterocycles. The van der Waals surface area contributed by atoms with E-state index in [-0.39, 0.29) is 30.3 Å². The van der Waals surface area contributed by atoms with Gasteiger partial charge in [0.2, 0.25) is 11.8 Å². The van der Waals surface area contributed by atoms with Gasteiger partial charge in [-0.15, -0.1) is 11.8 Å². The zero-order chi connectivity index (χ0) is 23.4. The Bertz CT molecular complexity index is 1180. The summed E-state index contributed by atoms with van der Waals surface area (Å²) in [6.07, 6.45) is 0. The standard InChI is InChI=1S/C25H22FN3O3S/c1-16(27-23(30)14-29-21-4-2-3-5-22(21)33-15-24(29)31)17-8-12-20(13-9-17)28-25(32)18-6-10-19(26)11-7-18/h2-13,16H,14-15H2,1H3,(H,27,30)(H,28,32). The van der Waals surface area contributed by atoms with Crippen LogP contribution in [-0.2, 0) is 9.59 Å². The smallest absolute Gasteiger partial charge is 0.255 e. The van der Waals surface area contributed by atoms with Gasteiger partial charge in [0.25, 0.3) is 5.91 Å². The van der Waals surface area contributed by atoms with Gasteiger partial charge in [-0.1, -0.05) is 24.3 Å². The van der Waals surface area contributed by atoms with E-state index in [0.717, 1.165) is 16.1 Å². The second-order valence-electron chi connectivity index (χ2n) is 7.61. The number of benzene rings is 3. The molecular formula is C25H22FN3O3S. The van der Waals surface area contributed by atoms with Gasteiger partial charge in [0.15, 0.2) is 0 Å². The average Bonchev–Trinajstić information content (AvgIpc) is 2.81. The van der Waals surface area contributed by atoms with Crippen LogP contribution >= 0.6 is 11.8 Å². The summed E-state index contributed by atoms with van der Waals surface area (Å²) >= 11 is 1.47. The van der Waals surface area contributed by atoms with E-state index in [0.29, 0.717) is 17.0 Å². The Morgan fingerprint density at radius 1 is 1.03 bits per heavy atom. The molecule has 0 aromatic heterocycles. The molecule has 2 N–H and O–H groups in total. The Hall–Kier alpha value is -3.65. The lowest BCUT2D eigenvalue weighted by atomic mass is 10.1. The number of fused-ring (bicyclic) bond motifs is 1. The monoisotopic (exact) mass is 463 g/mol. The molecule has 1 aliphatic heterocycles. The molecule has 0 aliphatic carbocycles. The minimum absolute atomic E-state index is 0.0491. The highest BCUT2D eigenvalue weighted by Crippen LogP contribution is 2.34. The van der Waals surface area contributed by atoms with Crippen LogP contribution in [-0.4, -0.2) is 30.0 Å². The lowest BCUT2D eigenvalue weighted by molar-refractivity contribution is -0.123. The number of thioether (sulfide) groups is 1. The van der Waals surface area contributed by atoms with Crippen LogP contribution in [0.2, 0.25) is 0 Å². The van der Waals surface area contributed by atoms with Crippen molar-refractivity contribution in [3.63, 3.8) is 0 Å². The van der Waals surface area contributed by atoms with Crippen LogP contribution in [0.15, 0.2) is 77.7 Å². The van der Waals surface area contributed by atoms with Gasteiger partial charge >= 0.3 is 0 Å². The molecule has 8 heteroatoms. The normalized spacial score (nSPS) is 13.8. The fraction of sp³-hybridized carbons (Fsp3) is 0.160. The van der Waals surface area contributed by atoms with Crippen LogP contribution in [0.25, 0.3) is 0 Å². The summed E-state index contributed by atoms with van der Waals surface area (Å²) in [5.41, 5.74) is 2.54. The molecule has 0 saturated heterocycles. The first-order valence-electron chi connectivity index (χ1n) is 10.4. The first-order chi connectivity index (χ1) is 15.9. The van der Waals surface area contributed by atoms with Crippen molar-refractivity contribution in [1.29, 1.82) is 0 Å². The van der Waals surface area contributed by atoms with Gasteiger partial charge in [-0.2, -0.15) is 0 Å². The molecule has 1 atom stereocenters. The Balaban J connectivity index is 1.35. The number of carbonyl (C=O) groups excluding carboxylic acids is 3. The Morgan fingerprint density at radius 2 is 1.73 bits per heavy atom. The van der Waals surface area contributed by atoms with Crippen LogP contribution in [0.1, 0.15) is 28.9 Å². The van der Waals surface area contributed by atoms with E-state index in [9.17, 15) is 18.8 Å². The van der Waals surface area contributed by atoms with Crippen molar-refractivity contribution in [2.24, 2.45) is 0 Å². The maximum atomic E-state index is 13.0. The Kier molecular flexibility index (Phi) is 6.74. The van der Waals surface area contributed by atoms with Gasteiger partial charge in [0.05, 0.1) is 17.5 Å². The molecule has 0 spiro atoms. The second kappa shape index (κ2) is 9.87. The third-order valence-electron chi connectivity index (χ3n) is 5.26. The van der Waals surface area contributed by atoms with E-state index in [1.54, 1.807) is 12.1 Å². The summed E-state index contributed by atoms with van der Waals surface area (Å²) in [6, 6.07) is 19.6. The predicted molar refractivity (Wildman–Crippen MR) is 127 cm³/mol. The Labute approximate surface area is 195 Å². The van der Waals surface area contributed by atoms with Crippen molar-refractivity contribution in [1.82, 2.24) is 5.32 Å². The highest BCUT2D eigenvalue weighted by Gasteiger charge is 2.26. The minimum atomic E-state index is -0.403. The van der Waals surface area contributed by atoms with E-state index >= 15 is 0 Å². The van der Waals surface area contributed by atoms with Crippen molar-refractivity contribution in [2.45, 2.75) is 17.9 Å². The van der Waals surface area contributed by atoms with Crippen LogP contribution < -0.4 is 15.5 Å². The quantitative estimate of drug-likeness (QED) is 0.568. The molecule has 1 unspecified atom stereocenters. The van der Waals surface area contributed by atoms with Gasteiger partial charge in [0.1, 0.15) is 12.4 Å². The zero-order valence-corrected chi connectivity index (χ0v) is 18.7. The van der Waals surface area contributed by atoms with Crippen molar-refractivity contribution >= 4 is 40.9 Å². The summed E-state index contributed by atoms with van der Waals surface area (Å²) in [7, 11) is 0. The van der Waals surface area contributed by atoms with E-state index in [4.69, 9.17) is 0 Å². The number of hydrogen-bond acceptors (Lipinski definition) is 4. The summed E-state index contributed by atoms with van der Waals surface area (Å²) in [6.45, 7) is 1.80. The third kappa shape index (κ3) is 5.40. The first kappa shape index (κ1) is 22.5. The van der Waals surface area contributed by atoms with Crippen molar-refractivity contribution in [3.05, 3.63) is 89.7 Å². The number of nitrogens with zero attached hydrogens (tertiary/aromatic N) is 1. The lowest BCUT2D eigenvalue weighted by Gasteiger charge is -2.28. The summed E-state index contributed by atoms with van der Waals surface area (Å²) in [5.74, 6) is -0.785. The van der Waals surface area contributed by atoms with Gasteiger partial charge in [-0.3, -0.25) is 14.4 Å². The fourth-order valence-corrected chi connectivity index (χ4v) is 4.44. The summed E-state index contributed by atoms with van der Waals surface area (Å²) < 4.78 is 13.0. The summed E-state index contributed by atoms with van der Waals surface area (Å²) in [5, 5.41) is 5.68. The second-order valence-corrected chi connectivity index (χ2v) is 8.63. The van der Waals surface area contributed by atoms with Crippen molar-refractivity contribution in [2.75, 3.05) is 22.5 Å². The van der Waals surface area contributed by atoms with Crippen molar-refractivity contribution in [3.8, 4) is 0 Å². The third-order valence-corrected chi connectivity index (χ3v) is 6.31. The highest BCUT2D eigenvalue weighted by atomic mass is 32.2. The van der Waals surface area contributed by atoms with E-state index in [1.165, 1.54) is 40.9 Å². The van der Waals surface area contributed by atoms with Gasteiger partial charge < -0.3 is 15.5 Å². The van der Waals surface area contributed by atoms with E-state index in [1.807, 2.05) is 43.3 Å². The number of halogens is 1. The molecule has 6 nitrogen and oxygen atoms in total. The predicted octanol–water partition coefficient (Wildman–Crippen LogP) is 4.39. The van der Waals surface area contributed by atoms with Gasteiger partial charge in [-0.25, -0.2) is 4.39 Å². The van der Waals surface area contributed by atoms with Gasteiger partial charge in [0, 0.05) is 16.1 Å². The van der Waals surface area contributed by atoms with Crippen molar-refractivity contribution < 1.29 is 18.8 Å². The summed E-state index contributed by atoms with van der Waals surface area (Å²) in [4.78, 5) is 39.8. The van der Waals surface area contributed by atoms with Crippen LogP contribution in [0, 0.1) is 5.82 Å². The number of amides is 3. The zero-order valence-electron chi connectivity index (χ0n) is 17.9. The molecular weight excluding hydrogens is 441 g/mol. The topological polar surface area (TPSA) is 78.5 Å². The van der Waals surface area contributed by atoms with Crippen LogP contribution in [0.5, 0.6) is 0 Å². The fourth-order valence-electron chi connectivity index (χ4n) is 3.50. The largest absolute Gasteiger partial charge is 0.348 e. The first-order valence-corrected chi connectivity index (χ1v) is 11.4. The molecule has 0 saturated carbocycles. The molecule has 0 radical (unpaired) electrons. The molecule has 4 rings (SSSR count). The maximum absolute atomic E-state index is 13.0. The molecule has 168 valence electrons.